The normalized spacial score (nSPS) is 14.4. The Bertz CT molecular complexity index is 722. The second kappa shape index (κ2) is 7.42. The predicted molar refractivity (Wildman–Crippen MR) is 99.7 cm³/mol. The lowest BCUT2D eigenvalue weighted by molar-refractivity contribution is 0.0746. The van der Waals surface area contributed by atoms with Crippen LogP contribution in [0.1, 0.15) is 10.4 Å². The quantitative estimate of drug-likeness (QED) is 0.853. The first-order valence-electron chi connectivity index (χ1n) is 8.41. The third-order valence-corrected chi connectivity index (χ3v) is 4.45. The molecular formula is C19H24N4O2. The summed E-state index contributed by atoms with van der Waals surface area (Å²) in [6, 6.07) is 11.7. The highest BCUT2D eigenvalue weighted by Gasteiger charge is 2.23. The lowest BCUT2D eigenvalue weighted by Gasteiger charge is -2.36. The fourth-order valence-electron chi connectivity index (χ4n) is 3.00. The zero-order chi connectivity index (χ0) is 17.8. The lowest BCUT2D eigenvalue weighted by atomic mass is 10.2. The Morgan fingerprint density at radius 2 is 1.80 bits per heavy atom. The van der Waals surface area contributed by atoms with Gasteiger partial charge in [-0.25, -0.2) is 4.98 Å². The van der Waals surface area contributed by atoms with Gasteiger partial charge in [0, 0.05) is 46.5 Å². The highest BCUT2D eigenvalue weighted by Crippen LogP contribution is 2.28. The summed E-state index contributed by atoms with van der Waals surface area (Å²) >= 11 is 0. The summed E-state index contributed by atoms with van der Waals surface area (Å²) in [6.07, 6.45) is 1.66. The zero-order valence-corrected chi connectivity index (χ0v) is 15.0. The van der Waals surface area contributed by atoms with E-state index >= 15 is 0 Å². The average molecular weight is 340 g/mol. The number of piperazine rings is 1. The van der Waals surface area contributed by atoms with E-state index in [1.807, 2.05) is 54.2 Å². The van der Waals surface area contributed by atoms with E-state index in [2.05, 4.69) is 16.0 Å². The molecule has 0 bridgehead atoms. The molecule has 0 unspecified atom stereocenters. The first kappa shape index (κ1) is 17.1. The van der Waals surface area contributed by atoms with Crippen molar-refractivity contribution in [3.05, 3.63) is 48.2 Å². The molecule has 25 heavy (non-hydrogen) atoms. The van der Waals surface area contributed by atoms with Gasteiger partial charge in [0.15, 0.2) is 0 Å². The second-order valence-electron chi connectivity index (χ2n) is 6.25. The number of hydrogen-bond acceptors (Lipinski definition) is 5. The maximum atomic E-state index is 12.7. The molecule has 0 atom stereocenters. The molecule has 132 valence electrons. The number of rotatable bonds is 4. The van der Waals surface area contributed by atoms with Crippen molar-refractivity contribution in [2.24, 2.45) is 0 Å². The molecule has 1 saturated heterocycles. The van der Waals surface area contributed by atoms with Gasteiger partial charge in [-0.15, -0.1) is 0 Å². The number of carbonyl (C=O) groups excluding carboxylic acids is 1. The first-order valence-corrected chi connectivity index (χ1v) is 8.41. The number of benzene rings is 1. The van der Waals surface area contributed by atoms with E-state index in [0.717, 1.165) is 30.3 Å². The Morgan fingerprint density at radius 3 is 2.40 bits per heavy atom. The van der Waals surface area contributed by atoms with Gasteiger partial charge >= 0.3 is 0 Å². The maximum absolute atomic E-state index is 12.7. The van der Waals surface area contributed by atoms with Gasteiger partial charge in [-0.05, 0) is 24.3 Å². The minimum Gasteiger partial charge on any atom is -0.495 e. The predicted octanol–water partition coefficient (Wildman–Crippen LogP) is 2.12. The molecule has 2 heterocycles. The molecule has 0 radical (unpaired) electrons. The van der Waals surface area contributed by atoms with E-state index in [1.165, 1.54) is 0 Å². The number of hydrogen-bond donors (Lipinski definition) is 0. The molecule has 1 aromatic heterocycles. The Morgan fingerprint density at radius 1 is 1.08 bits per heavy atom. The van der Waals surface area contributed by atoms with E-state index in [9.17, 15) is 4.79 Å². The Hall–Kier alpha value is -2.76. The molecule has 1 amide bonds. The van der Waals surface area contributed by atoms with Gasteiger partial charge in [0.25, 0.3) is 5.91 Å². The van der Waals surface area contributed by atoms with E-state index in [4.69, 9.17) is 4.74 Å². The van der Waals surface area contributed by atoms with E-state index in [1.54, 1.807) is 13.3 Å². The highest BCUT2D eigenvalue weighted by molar-refractivity contribution is 5.94. The number of pyridine rings is 1. The topological polar surface area (TPSA) is 48.9 Å². The fourth-order valence-corrected chi connectivity index (χ4v) is 3.00. The first-order chi connectivity index (χ1) is 12.1. The number of methoxy groups -OCH3 is 1. The van der Waals surface area contributed by atoms with Crippen LogP contribution in [0.4, 0.5) is 11.5 Å². The number of nitrogens with zero attached hydrogens (tertiary/aromatic N) is 4. The maximum Gasteiger partial charge on any atom is 0.255 e. The van der Waals surface area contributed by atoms with Crippen molar-refractivity contribution >= 4 is 17.4 Å². The van der Waals surface area contributed by atoms with Crippen molar-refractivity contribution in [1.29, 1.82) is 0 Å². The summed E-state index contributed by atoms with van der Waals surface area (Å²) in [5, 5.41) is 0. The molecule has 1 aromatic carbocycles. The number of anilines is 2. The summed E-state index contributed by atoms with van der Waals surface area (Å²) in [7, 11) is 5.55. The lowest BCUT2D eigenvalue weighted by Crippen LogP contribution is -2.48. The number of ether oxygens (including phenoxy) is 1. The molecule has 1 fully saturated rings. The monoisotopic (exact) mass is 340 g/mol. The minimum absolute atomic E-state index is 0.0393. The minimum atomic E-state index is 0.0393. The van der Waals surface area contributed by atoms with Crippen LogP contribution in [0.3, 0.4) is 0 Å². The van der Waals surface area contributed by atoms with E-state index in [-0.39, 0.29) is 5.91 Å². The van der Waals surface area contributed by atoms with Crippen LogP contribution in [0.2, 0.25) is 0 Å². The molecule has 0 aliphatic carbocycles. The van der Waals surface area contributed by atoms with Crippen LogP contribution in [0, 0.1) is 0 Å². The van der Waals surface area contributed by atoms with Crippen LogP contribution < -0.4 is 14.5 Å². The molecule has 3 rings (SSSR count). The average Bonchev–Trinajstić information content (AvgIpc) is 2.67. The molecule has 6 heteroatoms. The van der Waals surface area contributed by atoms with Crippen molar-refractivity contribution in [1.82, 2.24) is 9.88 Å². The van der Waals surface area contributed by atoms with Gasteiger partial charge in [-0.2, -0.15) is 0 Å². The number of aromatic nitrogens is 1. The van der Waals surface area contributed by atoms with Crippen molar-refractivity contribution in [2.75, 3.05) is 57.2 Å². The third kappa shape index (κ3) is 3.68. The van der Waals surface area contributed by atoms with Crippen LogP contribution in [0.15, 0.2) is 42.6 Å². The second-order valence-corrected chi connectivity index (χ2v) is 6.25. The van der Waals surface area contributed by atoms with Crippen molar-refractivity contribution in [2.45, 2.75) is 0 Å². The molecule has 1 aliphatic heterocycles. The van der Waals surface area contributed by atoms with Crippen LogP contribution >= 0.6 is 0 Å². The smallest absolute Gasteiger partial charge is 0.255 e. The molecular weight excluding hydrogens is 316 g/mol. The third-order valence-electron chi connectivity index (χ3n) is 4.45. The molecule has 6 nitrogen and oxygen atoms in total. The summed E-state index contributed by atoms with van der Waals surface area (Å²) in [5.41, 5.74) is 1.71. The van der Waals surface area contributed by atoms with Crippen LogP contribution in [-0.2, 0) is 0 Å². The summed E-state index contributed by atoms with van der Waals surface area (Å²) in [6.45, 7) is 2.95. The summed E-state index contributed by atoms with van der Waals surface area (Å²) in [4.78, 5) is 23.1. The molecule has 0 N–H and O–H groups in total. The molecule has 1 aliphatic rings. The Kier molecular flexibility index (Phi) is 5.07. The van der Waals surface area contributed by atoms with Gasteiger partial charge in [0.1, 0.15) is 11.6 Å². The van der Waals surface area contributed by atoms with Gasteiger partial charge in [-0.3, -0.25) is 4.79 Å². The van der Waals surface area contributed by atoms with Gasteiger partial charge in [0.05, 0.1) is 18.4 Å². The number of amides is 1. The van der Waals surface area contributed by atoms with Crippen molar-refractivity contribution < 1.29 is 9.53 Å². The van der Waals surface area contributed by atoms with E-state index < -0.39 is 0 Å². The largest absolute Gasteiger partial charge is 0.495 e. The van der Waals surface area contributed by atoms with Crippen LogP contribution in [0.25, 0.3) is 0 Å². The van der Waals surface area contributed by atoms with Gasteiger partial charge in [0.2, 0.25) is 0 Å². The summed E-state index contributed by atoms with van der Waals surface area (Å²) in [5.74, 6) is 1.75. The van der Waals surface area contributed by atoms with Crippen LogP contribution in [0.5, 0.6) is 5.75 Å². The van der Waals surface area contributed by atoms with Crippen molar-refractivity contribution in [3.63, 3.8) is 0 Å². The van der Waals surface area contributed by atoms with Gasteiger partial charge < -0.3 is 19.4 Å². The number of carbonyl (C=O) groups is 1. The Labute approximate surface area is 148 Å². The molecule has 0 saturated carbocycles. The zero-order valence-electron chi connectivity index (χ0n) is 15.0. The van der Waals surface area contributed by atoms with Crippen molar-refractivity contribution in [3.8, 4) is 5.75 Å². The standard InChI is InChI=1S/C19H24N4O2/c1-21(2)18-9-8-15(14-20-18)19(24)23-12-10-22(11-13-23)16-6-4-5-7-17(16)25-3/h4-9,14H,10-13H2,1-3H3. The number of para-hydroxylation sites is 2. The summed E-state index contributed by atoms with van der Waals surface area (Å²) < 4.78 is 5.44. The Balaban J connectivity index is 1.64. The molecule has 2 aromatic rings. The van der Waals surface area contributed by atoms with Gasteiger partial charge in [-0.1, -0.05) is 12.1 Å². The van der Waals surface area contributed by atoms with E-state index in [0.29, 0.717) is 18.7 Å². The SMILES string of the molecule is COc1ccccc1N1CCN(C(=O)c2ccc(N(C)C)nc2)CC1. The molecule has 0 spiro atoms. The fraction of sp³-hybridized carbons (Fsp3) is 0.368. The highest BCUT2D eigenvalue weighted by atomic mass is 16.5. The van der Waals surface area contributed by atoms with Crippen LogP contribution in [-0.4, -0.2) is 63.2 Å².